The van der Waals surface area contributed by atoms with Crippen molar-refractivity contribution in [1.29, 1.82) is 0 Å². The van der Waals surface area contributed by atoms with Crippen molar-refractivity contribution in [2.45, 2.75) is 11.7 Å². The maximum absolute atomic E-state index is 12.3. The number of allylic oxidation sites excluding steroid dienone is 1. The number of anilines is 1. The number of non-ortho nitro benzene ring substituents is 1. The standard InChI is InChI=1S/C20H19N5O4S/c1-3-12-24-19(14-4-8-16(9-5-14)25(27)28)22-23-20(24)30-13-18(26)21-15-6-10-17(29-2)11-7-15/h3-11H,1,12-13H2,2H3,(H,21,26). The van der Waals surface area contributed by atoms with Crippen LogP contribution >= 0.6 is 11.8 Å². The number of nitro benzene ring substituents is 1. The van der Waals surface area contributed by atoms with Crippen molar-refractivity contribution in [1.82, 2.24) is 14.8 Å². The number of methoxy groups -OCH3 is 1. The quantitative estimate of drug-likeness (QED) is 0.240. The van der Waals surface area contributed by atoms with Gasteiger partial charge in [-0.15, -0.1) is 16.8 Å². The van der Waals surface area contributed by atoms with E-state index in [1.165, 1.54) is 23.9 Å². The molecule has 0 unspecified atom stereocenters. The van der Waals surface area contributed by atoms with Gasteiger partial charge in [0, 0.05) is 29.9 Å². The second-order valence-electron chi connectivity index (χ2n) is 6.07. The molecular weight excluding hydrogens is 406 g/mol. The average Bonchev–Trinajstić information content (AvgIpc) is 3.15. The molecule has 0 spiro atoms. The minimum Gasteiger partial charge on any atom is -0.497 e. The molecule has 0 saturated carbocycles. The Morgan fingerprint density at radius 2 is 1.93 bits per heavy atom. The molecule has 154 valence electrons. The van der Waals surface area contributed by atoms with Gasteiger partial charge in [0.15, 0.2) is 11.0 Å². The van der Waals surface area contributed by atoms with Crippen molar-refractivity contribution >= 4 is 29.0 Å². The van der Waals surface area contributed by atoms with Crippen LogP contribution in [0.4, 0.5) is 11.4 Å². The number of aromatic nitrogens is 3. The van der Waals surface area contributed by atoms with Gasteiger partial charge in [0.2, 0.25) is 5.91 Å². The van der Waals surface area contributed by atoms with E-state index in [9.17, 15) is 14.9 Å². The zero-order valence-corrected chi connectivity index (χ0v) is 17.0. The van der Waals surface area contributed by atoms with Crippen LogP contribution < -0.4 is 10.1 Å². The van der Waals surface area contributed by atoms with E-state index < -0.39 is 4.92 Å². The molecule has 0 fully saturated rings. The molecule has 0 saturated heterocycles. The lowest BCUT2D eigenvalue weighted by Crippen LogP contribution is -2.14. The number of nitrogens with one attached hydrogen (secondary N) is 1. The van der Waals surface area contributed by atoms with E-state index in [-0.39, 0.29) is 17.3 Å². The number of amides is 1. The van der Waals surface area contributed by atoms with E-state index in [4.69, 9.17) is 4.74 Å². The lowest BCUT2D eigenvalue weighted by atomic mass is 10.2. The lowest BCUT2D eigenvalue weighted by Gasteiger charge is -2.08. The fraction of sp³-hybridized carbons (Fsp3) is 0.150. The third-order valence-electron chi connectivity index (χ3n) is 4.07. The number of nitrogens with zero attached hydrogens (tertiary/aromatic N) is 4. The van der Waals surface area contributed by atoms with Crippen molar-refractivity contribution in [3.63, 3.8) is 0 Å². The minimum atomic E-state index is -0.457. The number of rotatable bonds is 9. The van der Waals surface area contributed by atoms with Gasteiger partial charge < -0.3 is 10.1 Å². The Morgan fingerprint density at radius 3 is 2.53 bits per heavy atom. The highest BCUT2D eigenvalue weighted by Crippen LogP contribution is 2.26. The number of nitro groups is 1. The second kappa shape index (κ2) is 9.70. The molecule has 0 bridgehead atoms. The zero-order chi connectivity index (χ0) is 21.5. The predicted molar refractivity (Wildman–Crippen MR) is 115 cm³/mol. The summed E-state index contributed by atoms with van der Waals surface area (Å²) < 4.78 is 6.90. The molecule has 9 nitrogen and oxygen atoms in total. The van der Waals surface area contributed by atoms with Crippen LogP contribution in [0.5, 0.6) is 5.75 Å². The van der Waals surface area contributed by atoms with Crippen LogP contribution in [0.15, 0.2) is 66.3 Å². The summed E-state index contributed by atoms with van der Waals surface area (Å²) >= 11 is 1.24. The third kappa shape index (κ3) is 5.03. The molecular formula is C20H19N5O4S. The Morgan fingerprint density at radius 1 is 1.23 bits per heavy atom. The topological polar surface area (TPSA) is 112 Å². The summed E-state index contributed by atoms with van der Waals surface area (Å²) in [5, 5.41) is 22.6. The maximum Gasteiger partial charge on any atom is 0.269 e. The number of carbonyl (C=O) groups is 1. The Hall–Kier alpha value is -3.66. The van der Waals surface area contributed by atoms with Gasteiger partial charge in [0.25, 0.3) is 5.69 Å². The molecule has 1 amide bonds. The molecule has 0 atom stereocenters. The summed E-state index contributed by atoms with van der Waals surface area (Å²) in [5.74, 6) is 1.21. The van der Waals surface area contributed by atoms with Crippen LogP contribution in [0, 0.1) is 10.1 Å². The molecule has 1 aromatic heterocycles. The normalized spacial score (nSPS) is 10.4. The van der Waals surface area contributed by atoms with Crippen LogP contribution in [0.3, 0.4) is 0 Å². The van der Waals surface area contributed by atoms with Gasteiger partial charge in [-0.1, -0.05) is 17.8 Å². The molecule has 10 heteroatoms. The molecule has 0 radical (unpaired) electrons. The molecule has 2 aromatic carbocycles. The van der Waals surface area contributed by atoms with E-state index in [1.807, 2.05) is 0 Å². The van der Waals surface area contributed by atoms with Gasteiger partial charge in [-0.2, -0.15) is 0 Å². The number of hydrogen-bond donors (Lipinski definition) is 1. The molecule has 0 aliphatic rings. The fourth-order valence-electron chi connectivity index (χ4n) is 2.64. The highest BCUT2D eigenvalue weighted by Gasteiger charge is 2.16. The van der Waals surface area contributed by atoms with E-state index in [0.29, 0.717) is 34.5 Å². The Balaban J connectivity index is 1.70. The van der Waals surface area contributed by atoms with Crippen molar-refractivity contribution in [2.24, 2.45) is 0 Å². The Bertz CT molecular complexity index is 1050. The van der Waals surface area contributed by atoms with E-state index in [1.54, 1.807) is 54.2 Å². The fourth-order valence-corrected chi connectivity index (χ4v) is 3.38. The predicted octanol–water partition coefficient (Wildman–Crippen LogP) is 3.78. The monoisotopic (exact) mass is 425 g/mol. The molecule has 0 aliphatic carbocycles. The largest absolute Gasteiger partial charge is 0.497 e. The first-order valence-electron chi connectivity index (χ1n) is 8.87. The van der Waals surface area contributed by atoms with Gasteiger partial charge in [0.05, 0.1) is 17.8 Å². The van der Waals surface area contributed by atoms with Crippen molar-refractivity contribution < 1.29 is 14.5 Å². The van der Waals surface area contributed by atoms with Crippen LogP contribution in [0.2, 0.25) is 0 Å². The first-order valence-corrected chi connectivity index (χ1v) is 9.86. The molecule has 30 heavy (non-hydrogen) atoms. The second-order valence-corrected chi connectivity index (χ2v) is 7.02. The first-order chi connectivity index (χ1) is 14.5. The number of benzene rings is 2. The van der Waals surface area contributed by atoms with Crippen molar-refractivity contribution in [2.75, 3.05) is 18.2 Å². The highest BCUT2D eigenvalue weighted by atomic mass is 32.2. The molecule has 3 aromatic rings. The molecule has 1 N–H and O–H groups in total. The Kier molecular flexibility index (Phi) is 6.81. The SMILES string of the molecule is C=CCn1c(SCC(=O)Nc2ccc(OC)cc2)nnc1-c1ccc([N+](=O)[O-])cc1. The number of thioether (sulfide) groups is 1. The third-order valence-corrected chi connectivity index (χ3v) is 5.04. The number of hydrogen-bond acceptors (Lipinski definition) is 7. The Labute approximate surface area is 176 Å². The van der Waals surface area contributed by atoms with E-state index >= 15 is 0 Å². The summed E-state index contributed by atoms with van der Waals surface area (Å²) in [6, 6.07) is 13.1. The van der Waals surface area contributed by atoms with E-state index in [2.05, 4.69) is 22.1 Å². The van der Waals surface area contributed by atoms with Crippen molar-refractivity contribution in [3.8, 4) is 17.1 Å². The maximum atomic E-state index is 12.3. The molecule has 1 heterocycles. The molecule has 3 rings (SSSR count). The van der Waals surface area contributed by atoms with E-state index in [0.717, 1.165) is 0 Å². The van der Waals surface area contributed by atoms with Crippen molar-refractivity contribution in [3.05, 3.63) is 71.3 Å². The van der Waals surface area contributed by atoms with Gasteiger partial charge in [-0.3, -0.25) is 19.5 Å². The van der Waals surface area contributed by atoms with Crippen LogP contribution in [0.1, 0.15) is 0 Å². The number of ether oxygens (including phenoxy) is 1. The first kappa shape index (κ1) is 21.1. The summed E-state index contributed by atoms with van der Waals surface area (Å²) in [7, 11) is 1.58. The van der Waals surface area contributed by atoms with Crippen LogP contribution in [0.25, 0.3) is 11.4 Å². The van der Waals surface area contributed by atoms with Gasteiger partial charge in [0.1, 0.15) is 5.75 Å². The van der Waals surface area contributed by atoms with Crippen LogP contribution in [-0.4, -0.2) is 38.5 Å². The summed E-state index contributed by atoms with van der Waals surface area (Å²) in [6.45, 7) is 4.18. The summed E-state index contributed by atoms with van der Waals surface area (Å²) in [5.41, 5.74) is 1.35. The summed E-state index contributed by atoms with van der Waals surface area (Å²) in [6.07, 6.45) is 1.69. The average molecular weight is 425 g/mol. The van der Waals surface area contributed by atoms with Gasteiger partial charge in [-0.05, 0) is 36.4 Å². The highest BCUT2D eigenvalue weighted by molar-refractivity contribution is 7.99. The summed E-state index contributed by atoms with van der Waals surface area (Å²) in [4.78, 5) is 22.7. The smallest absolute Gasteiger partial charge is 0.269 e. The van der Waals surface area contributed by atoms with Gasteiger partial charge in [-0.25, -0.2) is 0 Å². The van der Waals surface area contributed by atoms with Gasteiger partial charge >= 0.3 is 0 Å². The number of carbonyl (C=O) groups excluding carboxylic acids is 1. The lowest BCUT2D eigenvalue weighted by molar-refractivity contribution is -0.384. The zero-order valence-electron chi connectivity index (χ0n) is 16.1. The molecule has 0 aliphatic heterocycles. The minimum absolute atomic E-state index is 0.00154. The van der Waals surface area contributed by atoms with Crippen LogP contribution in [-0.2, 0) is 11.3 Å².